The van der Waals surface area contributed by atoms with Crippen molar-refractivity contribution in [2.75, 3.05) is 20.1 Å². The predicted octanol–water partition coefficient (Wildman–Crippen LogP) is 1.57. The predicted molar refractivity (Wildman–Crippen MR) is 138 cm³/mol. The van der Waals surface area contributed by atoms with Gasteiger partial charge in [0.15, 0.2) is 0 Å². The molecule has 4 N–H and O–H groups in total. The Morgan fingerprint density at radius 1 is 1.08 bits per heavy atom. The number of likely N-dealkylation sites (N-methyl/N-ethyl adjacent to an activating group) is 1. The van der Waals surface area contributed by atoms with Crippen LogP contribution < -0.4 is 21.3 Å². The highest BCUT2D eigenvalue weighted by molar-refractivity contribution is 5.93. The number of carbonyl (C=O) groups is 4. The van der Waals surface area contributed by atoms with Crippen molar-refractivity contribution in [1.82, 2.24) is 26.2 Å². The molecular weight excluding hydrogens is 458 g/mol. The highest BCUT2D eigenvalue weighted by Crippen LogP contribution is 2.30. The molecule has 1 aliphatic carbocycles. The van der Waals surface area contributed by atoms with Gasteiger partial charge in [-0.1, -0.05) is 24.3 Å². The maximum atomic E-state index is 13.6. The lowest BCUT2D eigenvalue weighted by atomic mass is 9.87. The van der Waals surface area contributed by atoms with Crippen molar-refractivity contribution in [3.05, 3.63) is 35.4 Å². The summed E-state index contributed by atoms with van der Waals surface area (Å²) in [7, 11) is 1.69. The molecule has 0 radical (unpaired) electrons. The minimum Gasteiger partial charge on any atom is -0.356 e. The van der Waals surface area contributed by atoms with Crippen molar-refractivity contribution in [1.29, 1.82) is 0 Å². The number of nitrogens with one attached hydrogen (secondary N) is 4. The maximum Gasteiger partial charge on any atom is 0.245 e. The van der Waals surface area contributed by atoms with E-state index in [2.05, 4.69) is 33.4 Å². The Hall–Kier alpha value is -2.94. The Morgan fingerprint density at radius 2 is 1.86 bits per heavy atom. The Bertz CT molecular complexity index is 936. The minimum atomic E-state index is -0.713. The van der Waals surface area contributed by atoms with Gasteiger partial charge in [-0.25, -0.2) is 0 Å². The van der Waals surface area contributed by atoms with Crippen molar-refractivity contribution in [2.45, 2.75) is 89.4 Å². The van der Waals surface area contributed by atoms with Crippen molar-refractivity contribution in [2.24, 2.45) is 0 Å². The highest BCUT2D eigenvalue weighted by atomic mass is 16.2. The van der Waals surface area contributed by atoms with E-state index in [9.17, 15) is 19.2 Å². The largest absolute Gasteiger partial charge is 0.356 e. The van der Waals surface area contributed by atoms with Crippen LogP contribution in [0.15, 0.2) is 24.3 Å². The summed E-state index contributed by atoms with van der Waals surface area (Å²) in [5, 5.41) is 11.7. The molecule has 2 aliphatic rings. The molecule has 4 amide bonds. The number of rotatable bonds is 11. The summed E-state index contributed by atoms with van der Waals surface area (Å²) >= 11 is 0. The van der Waals surface area contributed by atoms with Crippen LogP contribution >= 0.6 is 0 Å². The summed E-state index contributed by atoms with van der Waals surface area (Å²) in [5.41, 5.74) is 2.44. The quantitative estimate of drug-likeness (QED) is 0.345. The molecule has 1 saturated heterocycles. The third-order valence-electron chi connectivity index (χ3n) is 7.26. The Morgan fingerprint density at radius 3 is 2.61 bits per heavy atom. The summed E-state index contributed by atoms with van der Waals surface area (Å²) in [6.45, 7) is 4.23. The van der Waals surface area contributed by atoms with Gasteiger partial charge in [0.1, 0.15) is 12.1 Å². The first-order chi connectivity index (χ1) is 17.3. The van der Waals surface area contributed by atoms with Crippen LogP contribution in [-0.2, 0) is 25.6 Å². The van der Waals surface area contributed by atoms with Crippen molar-refractivity contribution >= 4 is 23.6 Å². The number of benzene rings is 1. The summed E-state index contributed by atoms with van der Waals surface area (Å²) < 4.78 is 0. The summed E-state index contributed by atoms with van der Waals surface area (Å²) in [6.07, 6.45) is 6.10. The second kappa shape index (κ2) is 13.4. The topological polar surface area (TPSA) is 120 Å². The highest BCUT2D eigenvalue weighted by Gasteiger charge is 2.38. The van der Waals surface area contributed by atoms with Gasteiger partial charge in [-0.2, -0.15) is 0 Å². The number of unbranched alkanes of at least 4 members (excludes halogenated alkanes) is 1. The van der Waals surface area contributed by atoms with Gasteiger partial charge in [-0.15, -0.1) is 0 Å². The molecule has 0 bridgehead atoms. The molecule has 1 aromatic carbocycles. The van der Waals surface area contributed by atoms with Gasteiger partial charge in [0.05, 0.1) is 12.1 Å². The molecule has 0 aromatic heterocycles. The molecular formula is C27H41N5O4. The van der Waals surface area contributed by atoms with Crippen molar-refractivity contribution in [3.63, 3.8) is 0 Å². The van der Waals surface area contributed by atoms with Crippen molar-refractivity contribution < 1.29 is 19.2 Å². The summed E-state index contributed by atoms with van der Waals surface area (Å²) in [5.74, 6) is -0.684. The third kappa shape index (κ3) is 7.29. The molecule has 1 fully saturated rings. The fourth-order valence-electron chi connectivity index (χ4n) is 5.10. The van der Waals surface area contributed by atoms with Crippen molar-refractivity contribution in [3.8, 4) is 0 Å². The zero-order valence-corrected chi connectivity index (χ0v) is 21.8. The third-order valence-corrected chi connectivity index (χ3v) is 7.26. The molecule has 4 atom stereocenters. The van der Waals surface area contributed by atoms with Gasteiger partial charge >= 0.3 is 0 Å². The fraction of sp³-hybridized carbons (Fsp3) is 0.630. The summed E-state index contributed by atoms with van der Waals surface area (Å²) in [6, 6.07) is 6.49. The van der Waals surface area contributed by atoms with Gasteiger partial charge in [0.2, 0.25) is 23.6 Å². The number of nitrogens with zero attached hydrogens (tertiary/aromatic N) is 1. The zero-order valence-electron chi connectivity index (χ0n) is 21.8. The van der Waals surface area contributed by atoms with Crippen LogP contribution in [0.25, 0.3) is 0 Å². The lowest BCUT2D eigenvalue weighted by Crippen LogP contribution is -2.55. The average molecular weight is 500 g/mol. The van der Waals surface area contributed by atoms with Crippen LogP contribution in [0.1, 0.15) is 76.0 Å². The van der Waals surface area contributed by atoms with Crippen LogP contribution in [0.5, 0.6) is 0 Å². The summed E-state index contributed by atoms with van der Waals surface area (Å²) in [4.78, 5) is 52.3. The van der Waals surface area contributed by atoms with Crippen LogP contribution in [-0.4, -0.2) is 66.8 Å². The number of hydrogen-bond donors (Lipinski definition) is 4. The van der Waals surface area contributed by atoms with E-state index < -0.39 is 18.1 Å². The molecule has 1 aliphatic heterocycles. The van der Waals surface area contributed by atoms with Crippen LogP contribution in [0.4, 0.5) is 0 Å². The lowest BCUT2D eigenvalue weighted by molar-refractivity contribution is -0.142. The van der Waals surface area contributed by atoms with E-state index in [1.165, 1.54) is 18.1 Å². The molecule has 1 aromatic rings. The number of amides is 4. The SMILES string of the molecule is CN[C@@H](C)C(=O)N[C@@H](CCCCNC(C)=O)C(=O)N1CCC[C@H]1C(=O)N[C@@H]1CCCc2ccccc21. The first-order valence-electron chi connectivity index (χ1n) is 13.2. The molecule has 198 valence electrons. The Balaban J connectivity index is 1.66. The number of carbonyl (C=O) groups excluding carboxylic acids is 4. The Labute approximate surface area is 214 Å². The average Bonchev–Trinajstić information content (AvgIpc) is 3.37. The van der Waals surface area contributed by atoms with Crippen LogP contribution in [0.3, 0.4) is 0 Å². The van der Waals surface area contributed by atoms with Crippen LogP contribution in [0, 0.1) is 0 Å². The number of fused-ring (bicyclic) bond motifs is 1. The zero-order chi connectivity index (χ0) is 26.1. The van der Waals surface area contributed by atoms with E-state index in [0.717, 1.165) is 25.7 Å². The first-order valence-corrected chi connectivity index (χ1v) is 13.2. The maximum absolute atomic E-state index is 13.6. The second-order valence-corrected chi connectivity index (χ2v) is 9.89. The van der Waals surface area contributed by atoms with E-state index in [4.69, 9.17) is 0 Å². The minimum absolute atomic E-state index is 0.0410. The molecule has 0 spiro atoms. The second-order valence-electron chi connectivity index (χ2n) is 9.89. The van der Waals surface area contributed by atoms with Crippen LogP contribution in [0.2, 0.25) is 0 Å². The molecule has 0 unspecified atom stereocenters. The molecule has 9 heteroatoms. The van der Waals surface area contributed by atoms with E-state index in [-0.39, 0.29) is 29.7 Å². The molecule has 36 heavy (non-hydrogen) atoms. The van der Waals surface area contributed by atoms with Gasteiger partial charge in [-0.05, 0) is 76.5 Å². The molecule has 1 heterocycles. The van der Waals surface area contributed by atoms with Gasteiger partial charge in [0, 0.05) is 20.0 Å². The molecule has 9 nitrogen and oxygen atoms in total. The lowest BCUT2D eigenvalue weighted by Gasteiger charge is -2.32. The normalized spacial score (nSPS) is 20.7. The van der Waals surface area contributed by atoms with E-state index in [1.54, 1.807) is 18.9 Å². The Kier molecular flexibility index (Phi) is 10.3. The monoisotopic (exact) mass is 499 g/mol. The first kappa shape index (κ1) is 27.6. The van der Waals surface area contributed by atoms with E-state index in [0.29, 0.717) is 38.8 Å². The molecule has 3 rings (SSSR count). The number of likely N-dealkylation sites (tertiary alicyclic amines) is 1. The standard InChI is InChI=1S/C27H41N5O4/c1-18(28-3)25(34)31-23(13-6-7-16-29-19(2)33)27(36)32-17-9-15-24(32)26(35)30-22-14-8-11-20-10-4-5-12-21(20)22/h4-5,10,12,18,22-24,28H,6-9,11,13-17H2,1-3H3,(H,29,33)(H,30,35)(H,31,34)/t18-,22+,23-,24-/m0/s1. The van der Waals surface area contributed by atoms with Gasteiger partial charge in [-0.3, -0.25) is 19.2 Å². The van der Waals surface area contributed by atoms with Gasteiger partial charge < -0.3 is 26.2 Å². The number of hydrogen-bond acceptors (Lipinski definition) is 5. The van der Waals surface area contributed by atoms with Gasteiger partial charge in [0.25, 0.3) is 0 Å². The van der Waals surface area contributed by atoms with E-state index >= 15 is 0 Å². The van der Waals surface area contributed by atoms with E-state index in [1.807, 2.05) is 12.1 Å². The smallest absolute Gasteiger partial charge is 0.245 e. The number of aryl methyl sites for hydroxylation is 1. The molecule has 0 saturated carbocycles. The fourth-order valence-corrected chi connectivity index (χ4v) is 5.10.